The van der Waals surface area contributed by atoms with Gasteiger partial charge in [0.05, 0.1) is 11.8 Å². The fourth-order valence-electron chi connectivity index (χ4n) is 3.61. The van der Waals surface area contributed by atoms with E-state index in [1.807, 2.05) is 7.05 Å². The molecule has 2 fully saturated rings. The highest BCUT2D eigenvalue weighted by Gasteiger charge is 2.34. The SMILES string of the molecule is CN1CCN(S(=O)(=O)CC2CCCCC2)C[C@H]1c1ncc[nH]1. The second-order valence-electron chi connectivity index (χ2n) is 6.61. The van der Waals surface area contributed by atoms with Crippen molar-refractivity contribution in [1.82, 2.24) is 19.2 Å². The van der Waals surface area contributed by atoms with Gasteiger partial charge >= 0.3 is 0 Å². The summed E-state index contributed by atoms with van der Waals surface area (Å²) in [4.78, 5) is 9.59. The number of imidazole rings is 1. The zero-order valence-electron chi connectivity index (χ0n) is 13.2. The third-order valence-electron chi connectivity index (χ3n) is 5.01. The standard InChI is InChI=1S/C15H26N4O2S/c1-18-9-10-19(11-14(18)15-16-7-8-17-15)22(20,21)12-13-5-3-2-4-6-13/h7-8,13-14H,2-6,9-12H2,1H3,(H,16,17)/t14-/m0/s1. The third kappa shape index (κ3) is 3.52. The van der Waals surface area contributed by atoms with Gasteiger partial charge < -0.3 is 4.98 Å². The maximum absolute atomic E-state index is 12.8. The summed E-state index contributed by atoms with van der Waals surface area (Å²) in [5.74, 6) is 1.52. The number of aromatic nitrogens is 2. The van der Waals surface area contributed by atoms with E-state index < -0.39 is 10.0 Å². The van der Waals surface area contributed by atoms with Crippen LogP contribution in [0.3, 0.4) is 0 Å². The van der Waals surface area contributed by atoms with Gasteiger partial charge in [-0.1, -0.05) is 19.3 Å². The molecule has 3 rings (SSSR count). The molecule has 1 aliphatic carbocycles. The van der Waals surface area contributed by atoms with Gasteiger partial charge in [0.25, 0.3) is 0 Å². The normalized spacial score (nSPS) is 26.3. The molecule has 1 aliphatic heterocycles. The Morgan fingerprint density at radius 3 is 2.73 bits per heavy atom. The smallest absolute Gasteiger partial charge is 0.214 e. The minimum Gasteiger partial charge on any atom is -0.347 e. The molecule has 0 aromatic carbocycles. The van der Waals surface area contributed by atoms with Crippen molar-refractivity contribution in [3.8, 4) is 0 Å². The highest BCUT2D eigenvalue weighted by molar-refractivity contribution is 7.89. The predicted octanol–water partition coefficient (Wildman–Crippen LogP) is 1.61. The summed E-state index contributed by atoms with van der Waals surface area (Å²) in [5.41, 5.74) is 0. The number of aromatic amines is 1. The number of piperazine rings is 1. The molecule has 124 valence electrons. The van der Waals surface area contributed by atoms with Crippen molar-refractivity contribution in [3.05, 3.63) is 18.2 Å². The number of nitrogens with zero attached hydrogens (tertiary/aromatic N) is 3. The molecule has 1 saturated heterocycles. The Hall–Kier alpha value is -0.920. The van der Waals surface area contributed by atoms with Gasteiger partial charge in [0, 0.05) is 32.0 Å². The van der Waals surface area contributed by atoms with E-state index in [1.165, 1.54) is 19.3 Å². The van der Waals surface area contributed by atoms with Crippen LogP contribution >= 0.6 is 0 Å². The van der Waals surface area contributed by atoms with Gasteiger partial charge in [-0.25, -0.2) is 13.4 Å². The first kappa shape index (κ1) is 16.0. The van der Waals surface area contributed by atoms with E-state index >= 15 is 0 Å². The summed E-state index contributed by atoms with van der Waals surface area (Å²) in [7, 11) is -1.14. The van der Waals surface area contributed by atoms with Gasteiger partial charge in [-0.2, -0.15) is 4.31 Å². The van der Waals surface area contributed by atoms with Crippen molar-refractivity contribution < 1.29 is 8.42 Å². The van der Waals surface area contributed by atoms with Crippen molar-refractivity contribution in [2.24, 2.45) is 5.92 Å². The number of hydrogen-bond acceptors (Lipinski definition) is 4. The first-order valence-electron chi connectivity index (χ1n) is 8.23. The number of hydrogen-bond donors (Lipinski definition) is 1. The molecule has 6 nitrogen and oxygen atoms in total. The van der Waals surface area contributed by atoms with Gasteiger partial charge in [-0.3, -0.25) is 4.90 Å². The lowest BCUT2D eigenvalue weighted by molar-refractivity contribution is 0.142. The first-order chi connectivity index (χ1) is 10.6. The molecule has 0 amide bonds. The van der Waals surface area contributed by atoms with Crippen molar-refractivity contribution in [1.29, 1.82) is 0 Å². The van der Waals surface area contributed by atoms with E-state index in [2.05, 4.69) is 14.9 Å². The molecule has 7 heteroatoms. The Morgan fingerprint density at radius 1 is 1.27 bits per heavy atom. The molecule has 0 radical (unpaired) electrons. The average Bonchev–Trinajstić information content (AvgIpc) is 3.02. The predicted molar refractivity (Wildman–Crippen MR) is 85.9 cm³/mol. The van der Waals surface area contributed by atoms with E-state index in [-0.39, 0.29) is 6.04 Å². The summed E-state index contributed by atoms with van der Waals surface area (Å²) in [6, 6.07) is 0.0184. The van der Waals surface area contributed by atoms with E-state index in [0.717, 1.165) is 25.2 Å². The molecule has 1 N–H and O–H groups in total. The lowest BCUT2D eigenvalue weighted by atomic mass is 9.91. The van der Waals surface area contributed by atoms with Crippen LogP contribution in [0, 0.1) is 5.92 Å². The third-order valence-corrected chi connectivity index (χ3v) is 7.02. The first-order valence-corrected chi connectivity index (χ1v) is 9.84. The lowest BCUT2D eigenvalue weighted by Gasteiger charge is -2.38. The Bertz CT molecular complexity index is 566. The molecule has 1 atom stereocenters. The van der Waals surface area contributed by atoms with E-state index in [4.69, 9.17) is 0 Å². The molecular formula is C15H26N4O2S. The number of nitrogens with one attached hydrogen (secondary N) is 1. The fraction of sp³-hybridized carbons (Fsp3) is 0.800. The molecule has 0 bridgehead atoms. The largest absolute Gasteiger partial charge is 0.347 e. The molecule has 22 heavy (non-hydrogen) atoms. The van der Waals surface area contributed by atoms with Crippen molar-refractivity contribution >= 4 is 10.0 Å². The number of H-pyrrole nitrogens is 1. The highest BCUT2D eigenvalue weighted by Crippen LogP contribution is 2.28. The zero-order chi connectivity index (χ0) is 15.6. The highest BCUT2D eigenvalue weighted by atomic mass is 32.2. The van der Waals surface area contributed by atoms with Gasteiger partial charge in [-0.05, 0) is 25.8 Å². The summed E-state index contributed by atoms with van der Waals surface area (Å²) in [6.07, 6.45) is 9.25. The zero-order valence-corrected chi connectivity index (χ0v) is 14.1. The van der Waals surface area contributed by atoms with Crippen molar-refractivity contribution in [2.45, 2.75) is 38.1 Å². The molecule has 0 spiro atoms. The van der Waals surface area contributed by atoms with Crippen LogP contribution in [-0.2, 0) is 10.0 Å². The maximum Gasteiger partial charge on any atom is 0.214 e. The van der Waals surface area contributed by atoms with Crippen LogP contribution in [0.2, 0.25) is 0 Å². The topological polar surface area (TPSA) is 69.3 Å². The molecule has 2 aliphatic rings. The van der Waals surface area contributed by atoms with E-state index in [0.29, 0.717) is 24.8 Å². The summed E-state index contributed by atoms with van der Waals surface area (Å²) in [5, 5.41) is 0. The van der Waals surface area contributed by atoms with Crippen LogP contribution in [-0.4, -0.2) is 60.0 Å². The van der Waals surface area contributed by atoms with Crippen LogP contribution in [0.4, 0.5) is 0 Å². The molecule has 1 saturated carbocycles. The van der Waals surface area contributed by atoms with Crippen LogP contribution in [0.1, 0.15) is 44.0 Å². The summed E-state index contributed by atoms with van der Waals surface area (Å²) >= 11 is 0. The van der Waals surface area contributed by atoms with Crippen LogP contribution in [0.5, 0.6) is 0 Å². The number of likely N-dealkylation sites (N-methyl/N-ethyl adjacent to an activating group) is 1. The van der Waals surface area contributed by atoms with E-state index in [9.17, 15) is 8.42 Å². The Morgan fingerprint density at radius 2 is 2.05 bits per heavy atom. The maximum atomic E-state index is 12.8. The van der Waals surface area contributed by atoms with Gasteiger partial charge in [-0.15, -0.1) is 0 Å². The van der Waals surface area contributed by atoms with Crippen LogP contribution < -0.4 is 0 Å². The quantitative estimate of drug-likeness (QED) is 0.912. The fourth-order valence-corrected chi connectivity index (χ4v) is 5.48. The van der Waals surface area contributed by atoms with Gasteiger partial charge in [0.2, 0.25) is 10.0 Å². The number of sulfonamides is 1. The molecule has 2 heterocycles. The van der Waals surface area contributed by atoms with Crippen molar-refractivity contribution in [2.75, 3.05) is 32.4 Å². The second kappa shape index (κ2) is 6.68. The number of rotatable bonds is 4. The minimum atomic E-state index is -3.17. The van der Waals surface area contributed by atoms with Gasteiger partial charge in [0.15, 0.2) is 0 Å². The molecule has 1 aromatic heterocycles. The second-order valence-corrected chi connectivity index (χ2v) is 8.62. The molecular weight excluding hydrogens is 300 g/mol. The monoisotopic (exact) mass is 326 g/mol. The van der Waals surface area contributed by atoms with Crippen molar-refractivity contribution in [3.63, 3.8) is 0 Å². The van der Waals surface area contributed by atoms with Crippen LogP contribution in [0.15, 0.2) is 12.4 Å². The minimum absolute atomic E-state index is 0.0184. The Labute approximate surface area is 133 Å². The van der Waals surface area contributed by atoms with Gasteiger partial charge in [0.1, 0.15) is 5.82 Å². The Balaban J connectivity index is 1.68. The van der Waals surface area contributed by atoms with E-state index in [1.54, 1.807) is 16.7 Å². The summed E-state index contributed by atoms with van der Waals surface area (Å²) in [6.45, 7) is 1.83. The molecule has 1 aromatic rings. The lowest BCUT2D eigenvalue weighted by Crippen LogP contribution is -2.50. The molecule has 0 unspecified atom stereocenters. The summed E-state index contributed by atoms with van der Waals surface area (Å²) < 4.78 is 27.2. The van der Waals surface area contributed by atoms with Crippen LogP contribution in [0.25, 0.3) is 0 Å². The Kier molecular flexibility index (Phi) is 4.84. The average molecular weight is 326 g/mol.